The molecule has 0 heterocycles. The van der Waals surface area contributed by atoms with E-state index in [1.54, 1.807) is 12.2 Å². The van der Waals surface area contributed by atoms with Crippen LogP contribution in [0.5, 0.6) is 0 Å². The van der Waals surface area contributed by atoms with Gasteiger partial charge in [0.05, 0.1) is 11.6 Å². The Labute approximate surface area is 125 Å². The number of nitrogens with zero attached hydrogens (tertiary/aromatic N) is 2. The smallest absolute Gasteiger partial charge is 0.211 e. The fraction of sp³-hybridized carbons (Fsp3) is 0.529. The molecule has 1 aliphatic rings. The molecule has 2 unspecified atom stereocenters. The third kappa shape index (κ3) is 3.36. The van der Waals surface area contributed by atoms with Crippen molar-refractivity contribution in [3.8, 4) is 0 Å². The first-order valence-corrected chi connectivity index (χ1v) is 7.44. The molecule has 110 valence electrons. The van der Waals surface area contributed by atoms with Crippen LogP contribution >= 0.6 is 0 Å². The molecule has 1 aliphatic carbocycles. The minimum atomic E-state index is -0.499. The van der Waals surface area contributed by atoms with Gasteiger partial charge in [-0.05, 0) is 25.3 Å². The Morgan fingerprint density at radius 1 is 1.05 bits per heavy atom. The largest absolute Gasteiger partial charge is 0.235 e. The van der Waals surface area contributed by atoms with Crippen LogP contribution in [0.2, 0.25) is 0 Å². The van der Waals surface area contributed by atoms with Crippen LogP contribution in [0.25, 0.3) is 0 Å². The lowest BCUT2D eigenvalue weighted by Gasteiger charge is -2.41. The van der Waals surface area contributed by atoms with E-state index in [1.807, 2.05) is 37.3 Å². The predicted molar refractivity (Wildman–Crippen MR) is 80.7 cm³/mol. The number of isocyanates is 2. The summed E-state index contributed by atoms with van der Waals surface area (Å²) in [6, 6.07) is 9.63. The second-order valence-electron chi connectivity index (χ2n) is 5.72. The third-order valence-electron chi connectivity index (χ3n) is 4.46. The van der Waals surface area contributed by atoms with Gasteiger partial charge in [0.25, 0.3) is 0 Å². The van der Waals surface area contributed by atoms with Crippen molar-refractivity contribution in [3.63, 3.8) is 0 Å². The van der Waals surface area contributed by atoms with Gasteiger partial charge in [-0.15, -0.1) is 0 Å². The van der Waals surface area contributed by atoms with Crippen molar-refractivity contribution in [2.45, 2.75) is 56.5 Å². The summed E-state index contributed by atoms with van der Waals surface area (Å²) in [6.45, 7) is 1.89. The average molecular weight is 284 g/mol. The van der Waals surface area contributed by atoms with Crippen molar-refractivity contribution >= 4 is 12.2 Å². The Morgan fingerprint density at radius 2 is 1.71 bits per heavy atom. The molecule has 4 nitrogen and oxygen atoms in total. The fourth-order valence-corrected chi connectivity index (χ4v) is 3.60. The summed E-state index contributed by atoms with van der Waals surface area (Å²) < 4.78 is 0. The fourth-order valence-electron chi connectivity index (χ4n) is 3.60. The van der Waals surface area contributed by atoms with Crippen LogP contribution in [-0.4, -0.2) is 23.7 Å². The van der Waals surface area contributed by atoms with E-state index in [2.05, 4.69) is 9.98 Å². The monoisotopic (exact) mass is 284 g/mol. The zero-order valence-corrected chi connectivity index (χ0v) is 12.3. The number of hydrogen-bond acceptors (Lipinski definition) is 4. The molecule has 0 aromatic heterocycles. The Morgan fingerprint density at radius 3 is 2.29 bits per heavy atom. The SMILES string of the molecule is CC(N=C=O)C(c1ccccc1)C1(N=C=O)CCCCC1. The third-order valence-corrected chi connectivity index (χ3v) is 4.46. The van der Waals surface area contributed by atoms with Gasteiger partial charge < -0.3 is 0 Å². The molecule has 1 aromatic rings. The molecule has 1 fully saturated rings. The van der Waals surface area contributed by atoms with Gasteiger partial charge in [-0.2, -0.15) is 4.99 Å². The van der Waals surface area contributed by atoms with Crippen LogP contribution in [0.1, 0.15) is 50.5 Å². The van der Waals surface area contributed by atoms with Gasteiger partial charge in [0.1, 0.15) is 0 Å². The van der Waals surface area contributed by atoms with Crippen molar-refractivity contribution in [2.75, 3.05) is 0 Å². The number of benzene rings is 1. The summed E-state index contributed by atoms with van der Waals surface area (Å²) in [5, 5.41) is 0. The lowest BCUT2D eigenvalue weighted by molar-refractivity contribution is 0.230. The molecule has 0 bridgehead atoms. The van der Waals surface area contributed by atoms with E-state index in [9.17, 15) is 9.59 Å². The standard InChI is InChI=1S/C17H20N2O2/c1-14(18-12-20)16(15-8-4-2-5-9-15)17(19-13-21)10-6-3-7-11-17/h2,4-5,8-9,14,16H,3,6-7,10-11H2,1H3. The average Bonchev–Trinajstić information content (AvgIpc) is 2.50. The molecule has 0 spiro atoms. The molecule has 0 radical (unpaired) electrons. The Balaban J connectivity index is 2.50. The molecule has 0 amide bonds. The maximum atomic E-state index is 11.0. The van der Waals surface area contributed by atoms with Gasteiger partial charge >= 0.3 is 0 Å². The predicted octanol–water partition coefficient (Wildman–Crippen LogP) is 3.53. The van der Waals surface area contributed by atoms with Crippen molar-refractivity contribution in [2.24, 2.45) is 9.98 Å². The molecule has 1 aromatic carbocycles. The molecule has 1 saturated carbocycles. The first-order chi connectivity index (χ1) is 10.2. The normalized spacial score (nSPS) is 19.7. The molecule has 0 N–H and O–H groups in total. The van der Waals surface area contributed by atoms with Crippen LogP contribution in [0.4, 0.5) is 0 Å². The highest BCUT2D eigenvalue weighted by atomic mass is 16.1. The highest BCUT2D eigenvalue weighted by Crippen LogP contribution is 2.45. The molecule has 2 rings (SSSR count). The number of aliphatic imine (C=N–C) groups is 2. The van der Waals surface area contributed by atoms with Crippen LogP contribution in [-0.2, 0) is 9.59 Å². The van der Waals surface area contributed by atoms with Gasteiger partial charge in [0, 0.05) is 5.92 Å². The van der Waals surface area contributed by atoms with Crippen molar-refractivity contribution in [1.29, 1.82) is 0 Å². The maximum Gasteiger partial charge on any atom is 0.235 e. The van der Waals surface area contributed by atoms with E-state index >= 15 is 0 Å². The van der Waals surface area contributed by atoms with Crippen molar-refractivity contribution in [1.82, 2.24) is 0 Å². The van der Waals surface area contributed by atoms with Crippen LogP contribution < -0.4 is 0 Å². The van der Waals surface area contributed by atoms with Gasteiger partial charge in [-0.3, -0.25) is 0 Å². The summed E-state index contributed by atoms with van der Waals surface area (Å²) in [7, 11) is 0. The number of rotatable bonds is 5. The van der Waals surface area contributed by atoms with Gasteiger partial charge in [-0.1, -0.05) is 49.6 Å². The second-order valence-corrected chi connectivity index (χ2v) is 5.72. The topological polar surface area (TPSA) is 58.9 Å². The van der Waals surface area contributed by atoms with E-state index in [0.717, 1.165) is 37.7 Å². The summed E-state index contributed by atoms with van der Waals surface area (Å²) in [6.07, 6.45) is 8.30. The number of hydrogen-bond donors (Lipinski definition) is 0. The summed E-state index contributed by atoms with van der Waals surface area (Å²) in [5.74, 6) is -0.0955. The van der Waals surface area contributed by atoms with Crippen molar-refractivity contribution < 1.29 is 9.59 Å². The minimum Gasteiger partial charge on any atom is -0.211 e. The molecular formula is C17H20N2O2. The highest BCUT2D eigenvalue weighted by Gasteiger charge is 2.43. The van der Waals surface area contributed by atoms with Gasteiger partial charge in [-0.25, -0.2) is 14.6 Å². The Kier molecular flexibility index (Phi) is 5.21. The quantitative estimate of drug-likeness (QED) is 0.613. The first kappa shape index (κ1) is 15.4. The molecular weight excluding hydrogens is 264 g/mol. The number of carbonyl (C=O) groups excluding carboxylic acids is 2. The molecule has 4 heteroatoms. The van der Waals surface area contributed by atoms with E-state index in [1.165, 1.54) is 0 Å². The van der Waals surface area contributed by atoms with Gasteiger partial charge in [0.15, 0.2) is 0 Å². The van der Waals surface area contributed by atoms with Crippen LogP contribution in [0, 0.1) is 0 Å². The van der Waals surface area contributed by atoms with E-state index in [4.69, 9.17) is 0 Å². The molecule has 2 atom stereocenters. The Hall–Kier alpha value is -2.02. The van der Waals surface area contributed by atoms with E-state index in [0.29, 0.717) is 0 Å². The Bertz CT molecular complexity index is 551. The molecule has 21 heavy (non-hydrogen) atoms. The van der Waals surface area contributed by atoms with Crippen molar-refractivity contribution in [3.05, 3.63) is 35.9 Å². The van der Waals surface area contributed by atoms with E-state index < -0.39 is 5.54 Å². The molecule has 0 aliphatic heterocycles. The van der Waals surface area contributed by atoms with E-state index in [-0.39, 0.29) is 12.0 Å². The minimum absolute atomic E-state index is 0.0955. The zero-order valence-electron chi connectivity index (χ0n) is 12.3. The first-order valence-electron chi connectivity index (χ1n) is 7.44. The summed E-state index contributed by atoms with van der Waals surface area (Å²) in [5.41, 5.74) is 0.561. The maximum absolute atomic E-state index is 11.0. The lowest BCUT2D eigenvalue weighted by Crippen LogP contribution is -2.41. The van der Waals surface area contributed by atoms with Crippen LogP contribution in [0.15, 0.2) is 40.3 Å². The lowest BCUT2D eigenvalue weighted by atomic mass is 9.68. The highest BCUT2D eigenvalue weighted by molar-refractivity contribution is 5.39. The zero-order chi connectivity index (χ0) is 15.1. The summed E-state index contributed by atoms with van der Waals surface area (Å²) >= 11 is 0. The molecule has 0 saturated heterocycles. The summed E-state index contributed by atoms with van der Waals surface area (Å²) in [4.78, 5) is 29.8. The second kappa shape index (κ2) is 7.12. The van der Waals surface area contributed by atoms with Crippen LogP contribution in [0.3, 0.4) is 0 Å². The van der Waals surface area contributed by atoms with Gasteiger partial charge in [0.2, 0.25) is 12.2 Å².